The highest BCUT2D eigenvalue weighted by atomic mass is 32.2. The number of amides is 1. The molecule has 16 heavy (non-hydrogen) atoms. The summed E-state index contributed by atoms with van der Waals surface area (Å²) < 4.78 is 11.1. The average molecular weight is 240 g/mol. The van der Waals surface area contributed by atoms with Crippen LogP contribution in [0.2, 0.25) is 0 Å². The number of carbonyl (C=O) groups is 1. The zero-order valence-electron chi connectivity index (χ0n) is 9.23. The minimum absolute atomic E-state index is 0.0507. The van der Waals surface area contributed by atoms with Gasteiger partial charge in [-0.3, -0.25) is 9.00 Å². The lowest BCUT2D eigenvalue weighted by atomic mass is 10.2. The van der Waals surface area contributed by atoms with Gasteiger partial charge in [0.1, 0.15) is 5.75 Å². The molecule has 0 saturated heterocycles. The molecule has 5 heteroatoms. The Balaban J connectivity index is 2.52. The zero-order chi connectivity index (χ0) is 12.0. The second-order valence-electron chi connectivity index (χ2n) is 3.32. The zero-order valence-corrected chi connectivity index (χ0v) is 10.0. The third kappa shape index (κ3) is 4.12. The van der Waals surface area contributed by atoms with Gasteiger partial charge in [-0.2, -0.15) is 0 Å². The van der Waals surface area contributed by atoms with E-state index >= 15 is 0 Å². The summed E-state index contributed by atoms with van der Waals surface area (Å²) in [6.07, 6.45) is 0. The fourth-order valence-electron chi connectivity index (χ4n) is 1.17. The van der Waals surface area contributed by atoms with Crippen molar-refractivity contribution >= 4 is 22.4 Å². The van der Waals surface area contributed by atoms with Crippen LogP contribution in [0.15, 0.2) is 24.3 Å². The Morgan fingerprint density at radius 3 is 2.50 bits per heavy atom. The van der Waals surface area contributed by atoms with Gasteiger partial charge >= 0.3 is 0 Å². The molecule has 1 atom stereocenters. The molecule has 4 nitrogen and oxygen atoms in total. The molecule has 0 aliphatic carbocycles. The molecule has 0 aromatic heterocycles. The summed E-state index contributed by atoms with van der Waals surface area (Å²) in [7, 11) is -1.07. The predicted molar refractivity (Wildman–Crippen MR) is 66.5 cm³/mol. The summed E-state index contributed by atoms with van der Waals surface area (Å²) in [4.78, 5) is 11.4. The van der Waals surface area contributed by atoms with Crippen molar-refractivity contribution in [3.8, 4) is 0 Å². The summed E-state index contributed by atoms with van der Waals surface area (Å²) in [5, 5.41) is 2.69. The lowest BCUT2D eigenvalue weighted by Crippen LogP contribution is -2.20. The Morgan fingerprint density at radius 1 is 1.38 bits per heavy atom. The summed E-state index contributed by atoms with van der Waals surface area (Å²) in [5.74, 6) is 0.329. The second kappa shape index (κ2) is 6.40. The van der Waals surface area contributed by atoms with Crippen molar-refractivity contribution in [1.29, 1.82) is 0 Å². The first-order valence-corrected chi connectivity index (χ1v) is 6.58. The molecule has 3 N–H and O–H groups in total. The molecule has 1 amide bonds. The molecule has 1 aromatic carbocycles. The van der Waals surface area contributed by atoms with Crippen molar-refractivity contribution in [2.24, 2.45) is 5.73 Å². The van der Waals surface area contributed by atoms with Crippen molar-refractivity contribution < 1.29 is 9.00 Å². The highest BCUT2D eigenvalue weighted by Gasteiger charge is 2.06. The van der Waals surface area contributed by atoms with E-state index in [-0.39, 0.29) is 11.7 Å². The van der Waals surface area contributed by atoms with Crippen molar-refractivity contribution in [3.63, 3.8) is 0 Å². The first kappa shape index (κ1) is 12.9. The van der Waals surface area contributed by atoms with Crippen LogP contribution >= 0.6 is 0 Å². The topological polar surface area (TPSA) is 72.2 Å². The normalized spacial score (nSPS) is 12.1. The van der Waals surface area contributed by atoms with E-state index in [4.69, 9.17) is 5.73 Å². The fourth-order valence-corrected chi connectivity index (χ4v) is 1.74. The molecule has 0 saturated carbocycles. The van der Waals surface area contributed by atoms with E-state index in [0.717, 1.165) is 5.56 Å². The fraction of sp³-hybridized carbons (Fsp3) is 0.364. The van der Waals surface area contributed by atoms with Gasteiger partial charge in [0.15, 0.2) is 0 Å². The molecule has 0 aliphatic heterocycles. The van der Waals surface area contributed by atoms with Crippen LogP contribution in [0.4, 0.5) is 5.69 Å². The molecule has 0 fully saturated rings. The van der Waals surface area contributed by atoms with E-state index in [2.05, 4.69) is 5.32 Å². The standard InChI is InChI=1S/C11H16N2O2S/c1-2-16(15)8-11(14)13-10-5-3-9(7-12)4-6-10/h3-6H,2,7-8,12H2,1H3,(H,13,14). The average Bonchev–Trinajstić information content (AvgIpc) is 2.29. The van der Waals surface area contributed by atoms with Crippen LogP contribution in [0.5, 0.6) is 0 Å². The van der Waals surface area contributed by atoms with Gasteiger partial charge in [-0.25, -0.2) is 0 Å². The van der Waals surface area contributed by atoms with Crippen LogP contribution in [0.1, 0.15) is 12.5 Å². The van der Waals surface area contributed by atoms with Gasteiger partial charge in [-0.1, -0.05) is 19.1 Å². The third-order valence-electron chi connectivity index (χ3n) is 2.09. The van der Waals surface area contributed by atoms with E-state index in [1.807, 2.05) is 12.1 Å². The number of benzene rings is 1. The number of nitrogens with one attached hydrogen (secondary N) is 1. The van der Waals surface area contributed by atoms with Crippen LogP contribution in [0, 0.1) is 0 Å². The Labute approximate surface area is 97.7 Å². The summed E-state index contributed by atoms with van der Waals surface area (Å²) in [6, 6.07) is 7.28. The van der Waals surface area contributed by atoms with E-state index in [1.165, 1.54) is 0 Å². The Kier molecular flexibility index (Phi) is 5.14. The summed E-state index contributed by atoms with van der Waals surface area (Å²) in [5.41, 5.74) is 7.17. The maximum absolute atomic E-state index is 11.4. The number of anilines is 1. The molecule has 1 rings (SSSR count). The lowest BCUT2D eigenvalue weighted by molar-refractivity contribution is -0.113. The molecule has 0 radical (unpaired) electrons. The largest absolute Gasteiger partial charge is 0.326 e. The van der Waals surface area contributed by atoms with Gasteiger partial charge < -0.3 is 11.1 Å². The highest BCUT2D eigenvalue weighted by Crippen LogP contribution is 2.08. The molecule has 0 spiro atoms. The van der Waals surface area contributed by atoms with Gasteiger partial charge in [0.2, 0.25) is 5.91 Å². The van der Waals surface area contributed by atoms with Gasteiger partial charge in [0.05, 0.1) is 0 Å². The van der Waals surface area contributed by atoms with E-state index in [9.17, 15) is 9.00 Å². The van der Waals surface area contributed by atoms with Crippen molar-refractivity contribution in [2.75, 3.05) is 16.8 Å². The lowest BCUT2D eigenvalue weighted by Gasteiger charge is -2.05. The molecule has 1 unspecified atom stereocenters. The smallest absolute Gasteiger partial charge is 0.236 e. The van der Waals surface area contributed by atoms with Crippen molar-refractivity contribution in [1.82, 2.24) is 0 Å². The number of nitrogens with two attached hydrogens (primary N) is 1. The van der Waals surface area contributed by atoms with E-state index < -0.39 is 10.8 Å². The maximum atomic E-state index is 11.4. The van der Waals surface area contributed by atoms with Crippen molar-refractivity contribution in [3.05, 3.63) is 29.8 Å². The minimum atomic E-state index is -1.07. The third-order valence-corrected chi connectivity index (χ3v) is 3.32. The minimum Gasteiger partial charge on any atom is -0.326 e. The first-order valence-electron chi connectivity index (χ1n) is 5.09. The SMILES string of the molecule is CCS(=O)CC(=O)Nc1ccc(CN)cc1. The van der Waals surface area contributed by atoms with E-state index in [1.54, 1.807) is 19.1 Å². The Morgan fingerprint density at radius 2 is 2.00 bits per heavy atom. The maximum Gasteiger partial charge on any atom is 0.236 e. The number of hydrogen-bond acceptors (Lipinski definition) is 3. The van der Waals surface area contributed by atoms with Gasteiger partial charge in [0, 0.05) is 28.8 Å². The number of carbonyl (C=O) groups excluding carboxylic acids is 1. The number of hydrogen-bond donors (Lipinski definition) is 2. The summed E-state index contributed by atoms with van der Waals surface area (Å²) in [6.45, 7) is 2.27. The highest BCUT2D eigenvalue weighted by molar-refractivity contribution is 7.85. The van der Waals surface area contributed by atoms with Gasteiger partial charge in [0.25, 0.3) is 0 Å². The molecule has 0 aliphatic rings. The molecular weight excluding hydrogens is 224 g/mol. The second-order valence-corrected chi connectivity index (χ2v) is 5.07. The quantitative estimate of drug-likeness (QED) is 0.801. The first-order chi connectivity index (χ1) is 7.65. The number of rotatable bonds is 5. The molecule has 88 valence electrons. The van der Waals surface area contributed by atoms with Crippen LogP contribution in [-0.4, -0.2) is 21.6 Å². The predicted octanol–water partition coefficient (Wildman–Crippen LogP) is 0.852. The van der Waals surface area contributed by atoms with E-state index in [0.29, 0.717) is 18.0 Å². The van der Waals surface area contributed by atoms with Crippen LogP contribution in [0.25, 0.3) is 0 Å². The molecule has 1 aromatic rings. The Bertz CT molecular complexity index is 376. The molecular formula is C11H16N2O2S. The van der Waals surface area contributed by atoms with Gasteiger partial charge in [-0.15, -0.1) is 0 Å². The van der Waals surface area contributed by atoms with Crippen LogP contribution in [0.3, 0.4) is 0 Å². The monoisotopic (exact) mass is 240 g/mol. The Hall–Kier alpha value is -1.20. The van der Waals surface area contributed by atoms with Gasteiger partial charge in [-0.05, 0) is 17.7 Å². The molecule has 0 bridgehead atoms. The van der Waals surface area contributed by atoms with Crippen LogP contribution in [-0.2, 0) is 22.1 Å². The summed E-state index contributed by atoms with van der Waals surface area (Å²) >= 11 is 0. The molecule has 0 heterocycles. The van der Waals surface area contributed by atoms with Crippen LogP contribution < -0.4 is 11.1 Å². The van der Waals surface area contributed by atoms with Crippen molar-refractivity contribution in [2.45, 2.75) is 13.5 Å².